The number of aryl methyl sites for hydroxylation is 1. The molecular weight excluding hydrogens is 432 g/mol. The Hall–Kier alpha value is -3.88. The van der Waals surface area contributed by atoms with E-state index in [4.69, 9.17) is 23.7 Å². The second-order valence-corrected chi connectivity index (χ2v) is 8.41. The SMILES string of the molecule is Cc1c(C(=O)OC(C)(C)CC(C)OC(=O)C(=O)O)cccc1C(=O)c1ccc2ooc2c1C. The lowest BCUT2D eigenvalue weighted by atomic mass is 9.93. The van der Waals surface area contributed by atoms with E-state index in [2.05, 4.69) is 0 Å². The van der Waals surface area contributed by atoms with Crippen LogP contribution in [0.5, 0.6) is 0 Å². The monoisotopic (exact) mass is 456 g/mol. The van der Waals surface area contributed by atoms with Gasteiger partial charge in [0.2, 0.25) is 11.2 Å². The molecule has 1 heterocycles. The molecular formula is C24H24O9. The van der Waals surface area contributed by atoms with Gasteiger partial charge < -0.3 is 14.6 Å². The molecule has 174 valence electrons. The van der Waals surface area contributed by atoms with Crippen molar-refractivity contribution in [3.8, 4) is 0 Å². The van der Waals surface area contributed by atoms with Crippen molar-refractivity contribution in [2.75, 3.05) is 0 Å². The number of aliphatic carboxylic acids is 1. The first-order chi connectivity index (χ1) is 15.4. The summed E-state index contributed by atoms with van der Waals surface area (Å²) in [6, 6.07) is 8.07. The number of ketones is 1. The molecule has 0 spiro atoms. The summed E-state index contributed by atoms with van der Waals surface area (Å²) in [7, 11) is 0. The van der Waals surface area contributed by atoms with Crippen molar-refractivity contribution in [1.29, 1.82) is 0 Å². The van der Waals surface area contributed by atoms with Crippen molar-refractivity contribution < 1.29 is 42.9 Å². The van der Waals surface area contributed by atoms with Crippen LogP contribution in [-0.2, 0) is 19.1 Å². The summed E-state index contributed by atoms with van der Waals surface area (Å²) in [5.74, 6) is -4.01. The molecule has 1 aromatic heterocycles. The fraction of sp³-hybridized carbons (Fsp3) is 0.333. The van der Waals surface area contributed by atoms with Gasteiger partial charge in [0.25, 0.3) is 0 Å². The molecule has 0 saturated heterocycles. The highest BCUT2D eigenvalue weighted by atomic mass is 17.0. The van der Waals surface area contributed by atoms with Gasteiger partial charge in [-0.1, -0.05) is 12.1 Å². The lowest BCUT2D eigenvalue weighted by Gasteiger charge is -2.28. The minimum absolute atomic E-state index is 0.0752. The number of esters is 2. The predicted molar refractivity (Wildman–Crippen MR) is 115 cm³/mol. The normalized spacial score (nSPS) is 12.4. The zero-order valence-electron chi connectivity index (χ0n) is 18.9. The number of benzene rings is 2. The number of fused-ring (bicyclic) bond motifs is 1. The van der Waals surface area contributed by atoms with Gasteiger partial charge >= 0.3 is 17.9 Å². The molecule has 0 aliphatic heterocycles. The number of hydrogen-bond donors (Lipinski definition) is 1. The second kappa shape index (κ2) is 8.93. The molecule has 0 radical (unpaired) electrons. The van der Waals surface area contributed by atoms with E-state index in [0.717, 1.165) is 0 Å². The van der Waals surface area contributed by atoms with Crippen LogP contribution in [0.15, 0.2) is 39.5 Å². The van der Waals surface area contributed by atoms with E-state index in [1.807, 2.05) is 0 Å². The third kappa shape index (κ3) is 4.97. The summed E-state index contributed by atoms with van der Waals surface area (Å²) in [5, 5.41) is 8.66. The van der Waals surface area contributed by atoms with Gasteiger partial charge in [-0.05, 0) is 58.4 Å². The van der Waals surface area contributed by atoms with Crippen LogP contribution < -0.4 is 0 Å². The first-order valence-electron chi connectivity index (χ1n) is 10.2. The largest absolute Gasteiger partial charge is 0.473 e. The highest BCUT2D eigenvalue weighted by Crippen LogP contribution is 2.28. The van der Waals surface area contributed by atoms with E-state index in [0.29, 0.717) is 33.4 Å². The molecule has 2 aromatic carbocycles. The Balaban J connectivity index is 1.79. The summed E-state index contributed by atoms with van der Waals surface area (Å²) in [4.78, 5) is 48.0. The highest BCUT2D eigenvalue weighted by Gasteiger charge is 2.30. The average Bonchev–Trinajstić information content (AvgIpc) is 2.67. The Bertz CT molecular complexity index is 1240. The minimum atomic E-state index is -1.70. The van der Waals surface area contributed by atoms with Crippen molar-refractivity contribution in [2.24, 2.45) is 0 Å². The van der Waals surface area contributed by atoms with Gasteiger partial charge in [0.05, 0.1) is 5.56 Å². The van der Waals surface area contributed by atoms with Crippen LogP contribution in [0.3, 0.4) is 0 Å². The molecule has 1 N–H and O–H groups in total. The zero-order chi connectivity index (χ0) is 24.5. The number of rotatable bonds is 7. The summed E-state index contributed by atoms with van der Waals surface area (Å²) in [5.41, 5.74) is 2.07. The number of carbonyl (C=O) groups is 4. The fourth-order valence-corrected chi connectivity index (χ4v) is 3.70. The molecule has 1 unspecified atom stereocenters. The summed E-state index contributed by atoms with van der Waals surface area (Å²) in [6.45, 7) is 8.15. The van der Waals surface area contributed by atoms with Gasteiger partial charge in [-0.25, -0.2) is 14.4 Å². The number of carboxylic acid groups (broad SMARTS) is 1. The maximum atomic E-state index is 13.2. The minimum Gasteiger partial charge on any atom is -0.473 e. The first-order valence-corrected chi connectivity index (χ1v) is 10.2. The number of carboxylic acids is 1. The van der Waals surface area contributed by atoms with Crippen molar-refractivity contribution in [2.45, 2.75) is 52.7 Å². The average molecular weight is 456 g/mol. The first kappa shape index (κ1) is 23.8. The summed E-state index contributed by atoms with van der Waals surface area (Å²) in [6.07, 6.45) is -0.721. The van der Waals surface area contributed by atoms with Crippen LogP contribution in [-0.4, -0.2) is 40.5 Å². The Morgan fingerprint density at radius 1 is 0.970 bits per heavy atom. The lowest BCUT2D eigenvalue weighted by molar-refractivity contribution is -0.168. The van der Waals surface area contributed by atoms with E-state index < -0.39 is 29.6 Å². The molecule has 0 fully saturated rings. The molecule has 3 aromatic rings. The Morgan fingerprint density at radius 2 is 1.61 bits per heavy atom. The number of ether oxygens (including phenoxy) is 2. The lowest BCUT2D eigenvalue weighted by Crippen LogP contribution is -2.34. The summed E-state index contributed by atoms with van der Waals surface area (Å²) < 4.78 is 20.2. The zero-order valence-corrected chi connectivity index (χ0v) is 18.9. The van der Waals surface area contributed by atoms with Gasteiger partial charge in [0, 0.05) is 23.1 Å². The van der Waals surface area contributed by atoms with E-state index in [-0.39, 0.29) is 17.8 Å². The fourth-order valence-electron chi connectivity index (χ4n) is 3.70. The molecule has 33 heavy (non-hydrogen) atoms. The molecule has 0 amide bonds. The van der Waals surface area contributed by atoms with E-state index in [9.17, 15) is 19.2 Å². The molecule has 1 atom stereocenters. The van der Waals surface area contributed by atoms with Gasteiger partial charge in [-0.3, -0.25) is 13.9 Å². The Morgan fingerprint density at radius 3 is 2.21 bits per heavy atom. The quantitative estimate of drug-likeness (QED) is 0.240. The van der Waals surface area contributed by atoms with Crippen LogP contribution in [0.25, 0.3) is 11.2 Å². The topological polar surface area (TPSA) is 133 Å². The molecule has 9 nitrogen and oxygen atoms in total. The predicted octanol–water partition coefficient (Wildman–Crippen LogP) is 4.22. The molecule has 9 heteroatoms. The third-order valence-corrected chi connectivity index (χ3v) is 5.26. The summed E-state index contributed by atoms with van der Waals surface area (Å²) >= 11 is 0. The third-order valence-electron chi connectivity index (χ3n) is 5.26. The van der Waals surface area contributed by atoms with E-state index in [1.165, 1.54) is 6.92 Å². The molecule has 0 bridgehead atoms. The smallest absolute Gasteiger partial charge is 0.417 e. The van der Waals surface area contributed by atoms with Gasteiger partial charge in [-0.2, -0.15) is 0 Å². The number of carbonyl (C=O) groups excluding carboxylic acids is 3. The highest BCUT2D eigenvalue weighted by molar-refractivity contribution is 6.28. The van der Waals surface area contributed by atoms with Crippen LogP contribution in [0.1, 0.15) is 64.6 Å². The van der Waals surface area contributed by atoms with E-state index >= 15 is 0 Å². The van der Waals surface area contributed by atoms with Crippen molar-refractivity contribution in [3.63, 3.8) is 0 Å². The maximum absolute atomic E-state index is 13.2. The molecule has 0 aliphatic carbocycles. The van der Waals surface area contributed by atoms with Crippen LogP contribution >= 0.6 is 0 Å². The van der Waals surface area contributed by atoms with Crippen molar-refractivity contribution >= 4 is 34.9 Å². The van der Waals surface area contributed by atoms with Crippen LogP contribution in [0.4, 0.5) is 0 Å². The number of hydrogen-bond acceptors (Lipinski definition) is 8. The Labute approximate surface area is 189 Å². The van der Waals surface area contributed by atoms with Gasteiger partial charge in [0.1, 0.15) is 11.7 Å². The molecule has 0 aliphatic rings. The van der Waals surface area contributed by atoms with Gasteiger partial charge in [0.15, 0.2) is 5.78 Å². The van der Waals surface area contributed by atoms with Crippen LogP contribution in [0.2, 0.25) is 0 Å². The molecule has 0 saturated carbocycles. The standard InChI is InChI=1S/C24H24O9/c1-12(30-23(29)21(26)27)11-24(4,5)31-22(28)17-8-6-7-15(13(17)2)19(25)16-9-10-18-20(14(16)3)33-32-18/h6-10,12H,11H2,1-5H3,(H,26,27). The van der Waals surface area contributed by atoms with Crippen molar-refractivity contribution in [1.82, 2.24) is 0 Å². The molecule has 3 rings (SSSR count). The van der Waals surface area contributed by atoms with E-state index in [1.54, 1.807) is 58.0 Å². The van der Waals surface area contributed by atoms with Crippen LogP contribution in [0, 0.1) is 13.8 Å². The second-order valence-electron chi connectivity index (χ2n) is 8.41. The van der Waals surface area contributed by atoms with Gasteiger partial charge in [-0.15, -0.1) is 0 Å². The Kier molecular flexibility index (Phi) is 6.44. The maximum Gasteiger partial charge on any atom is 0.417 e. The van der Waals surface area contributed by atoms with Crippen molar-refractivity contribution in [3.05, 3.63) is 58.1 Å².